The van der Waals surface area contributed by atoms with Gasteiger partial charge in [0.05, 0.1) is 6.10 Å². The molecule has 2 nitrogen and oxygen atoms in total. The molecule has 2 rings (SSSR count). The lowest BCUT2D eigenvalue weighted by atomic mass is 9.86. The van der Waals surface area contributed by atoms with Crippen LogP contribution in [0.4, 0.5) is 0 Å². The highest BCUT2D eigenvalue weighted by Gasteiger charge is 2.52. The van der Waals surface area contributed by atoms with Crippen molar-refractivity contribution in [3.63, 3.8) is 0 Å². The first-order valence-electron chi connectivity index (χ1n) is 5.11. The van der Waals surface area contributed by atoms with Crippen LogP contribution < -0.4 is 5.32 Å². The Kier molecular flexibility index (Phi) is 2.13. The Labute approximate surface area is 74.4 Å². The van der Waals surface area contributed by atoms with E-state index in [9.17, 15) is 5.11 Å². The van der Waals surface area contributed by atoms with Gasteiger partial charge in [-0.25, -0.2) is 0 Å². The van der Waals surface area contributed by atoms with E-state index in [1.165, 1.54) is 25.7 Å². The average molecular weight is 169 g/mol. The number of nitrogens with one attached hydrogen (secondary N) is 1. The number of hydrogen-bond donors (Lipinski definition) is 2. The Bertz CT molecular complexity index is 165. The maximum atomic E-state index is 9.76. The number of rotatable bonds is 3. The van der Waals surface area contributed by atoms with Crippen LogP contribution in [0.25, 0.3) is 0 Å². The van der Waals surface area contributed by atoms with Gasteiger partial charge in [0.25, 0.3) is 0 Å². The SMILES string of the molecule is CNCC1(C2CCCC2O)CC1. The molecule has 0 saturated heterocycles. The molecule has 70 valence electrons. The zero-order chi connectivity index (χ0) is 8.60. The summed E-state index contributed by atoms with van der Waals surface area (Å²) in [5.74, 6) is 0.602. The Morgan fingerprint density at radius 1 is 1.42 bits per heavy atom. The molecule has 2 fully saturated rings. The summed E-state index contributed by atoms with van der Waals surface area (Å²) in [6.07, 6.45) is 6.18. The average Bonchev–Trinajstić information content (AvgIpc) is 2.68. The molecule has 12 heavy (non-hydrogen) atoms. The fourth-order valence-corrected chi connectivity index (χ4v) is 2.85. The molecule has 2 unspecified atom stereocenters. The molecule has 2 aliphatic carbocycles. The smallest absolute Gasteiger partial charge is 0.0574 e. The summed E-state index contributed by atoms with van der Waals surface area (Å²) in [6.45, 7) is 1.11. The second kappa shape index (κ2) is 3.00. The lowest BCUT2D eigenvalue weighted by Crippen LogP contribution is -2.31. The Hall–Kier alpha value is -0.0800. The lowest BCUT2D eigenvalue weighted by molar-refractivity contribution is 0.0885. The van der Waals surface area contributed by atoms with Gasteiger partial charge in [-0.2, -0.15) is 0 Å². The van der Waals surface area contributed by atoms with Crippen molar-refractivity contribution in [1.82, 2.24) is 5.32 Å². The maximum absolute atomic E-state index is 9.76. The molecule has 2 atom stereocenters. The van der Waals surface area contributed by atoms with Gasteiger partial charge in [-0.1, -0.05) is 6.42 Å². The molecule has 0 amide bonds. The number of aliphatic hydroxyl groups is 1. The Morgan fingerprint density at radius 3 is 2.58 bits per heavy atom. The summed E-state index contributed by atoms with van der Waals surface area (Å²) in [6, 6.07) is 0. The van der Waals surface area contributed by atoms with E-state index in [2.05, 4.69) is 5.32 Å². The van der Waals surface area contributed by atoms with Crippen LogP contribution in [0.1, 0.15) is 32.1 Å². The monoisotopic (exact) mass is 169 g/mol. The van der Waals surface area contributed by atoms with E-state index in [1.807, 2.05) is 7.05 Å². The standard InChI is InChI=1S/C10H19NO/c1-11-7-10(5-6-10)8-3-2-4-9(8)12/h8-9,11-12H,2-7H2,1H3. The summed E-state index contributed by atoms with van der Waals surface area (Å²) in [4.78, 5) is 0. The Balaban J connectivity index is 1.98. The minimum atomic E-state index is 0.000787. The summed E-state index contributed by atoms with van der Waals surface area (Å²) < 4.78 is 0. The topological polar surface area (TPSA) is 32.3 Å². The highest BCUT2D eigenvalue weighted by Crippen LogP contribution is 2.56. The fourth-order valence-electron chi connectivity index (χ4n) is 2.85. The fraction of sp³-hybridized carbons (Fsp3) is 1.00. The summed E-state index contributed by atoms with van der Waals surface area (Å²) in [7, 11) is 2.02. The minimum absolute atomic E-state index is 0.000787. The third-order valence-electron chi connectivity index (χ3n) is 3.69. The van der Waals surface area contributed by atoms with Crippen LogP contribution in [0.5, 0.6) is 0 Å². The second-order valence-corrected chi connectivity index (χ2v) is 4.50. The van der Waals surface area contributed by atoms with Crippen molar-refractivity contribution in [2.45, 2.75) is 38.2 Å². The van der Waals surface area contributed by atoms with Crippen LogP contribution in [0.15, 0.2) is 0 Å². The highest BCUT2D eigenvalue weighted by atomic mass is 16.3. The van der Waals surface area contributed by atoms with Gasteiger partial charge in [0, 0.05) is 6.54 Å². The molecule has 2 N–H and O–H groups in total. The van der Waals surface area contributed by atoms with Crippen molar-refractivity contribution < 1.29 is 5.11 Å². The summed E-state index contributed by atoms with van der Waals surface area (Å²) in [5, 5.41) is 13.0. The zero-order valence-corrected chi connectivity index (χ0v) is 7.84. The van der Waals surface area contributed by atoms with Gasteiger partial charge in [-0.05, 0) is 44.1 Å². The van der Waals surface area contributed by atoms with Gasteiger partial charge in [0.1, 0.15) is 0 Å². The highest BCUT2D eigenvalue weighted by molar-refractivity contribution is 5.03. The third kappa shape index (κ3) is 1.27. The van der Waals surface area contributed by atoms with Gasteiger partial charge >= 0.3 is 0 Å². The van der Waals surface area contributed by atoms with Gasteiger partial charge in [-0.15, -0.1) is 0 Å². The number of aliphatic hydroxyl groups excluding tert-OH is 1. The largest absolute Gasteiger partial charge is 0.393 e. The predicted octanol–water partition coefficient (Wildman–Crippen LogP) is 1.15. The van der Waals surface area contributed by atoms with E-state index in [-0.39, 0.29) is 6.10 Å². The minimum Gasteiger partial charge on any atom is -0.393 e. The molecule has 2 heteroatoms. The van der Waals surface area contributed by atoms with Gasteiger partial charge in [0.2, 0.25) is 0 Å². The van der Waals surface area contributed by atoms with E-state index < -0.39 is 0 Å². The molecule has 0 radical (unpaired) electrons. The predicted molar refractivity (Wildman–Crippen MR) is 48.9 cm³/mol. The molecule has 0 heterocycles. The third-order valence-corrected chi connectivity index (χ3v) is 3.69. The van der Waals surface area contributed by atoms with Crippen molar-refractivity contribution in [1.29, 1.82) is 0 Å². The van der Waals surface area contributed by atoms with Crippen molar-refractivity contribution in [2.75, 3.05) is 13.6 Å². The molecule has 0 aromatic heterocycles. The summed E-state index contributed by atoms with van der Waals surface area (Å²) in [5.41, 5.74) is 0.491. The van der Waals surface area contributed by atoms with Crippen molar-refractivity contribution in [2.24, 2.45) is 11.3 Å². The van der Waals surface area contributed by atoms with E-state index in [1.54, 1.807) is 0 Å². The van der Waals surface area contributed by atoms with Gasteiger partial charge < -0.3 is 10.4 Å². The first-order valence-corrected chi connectivity index (χ1v) is 5.11. The van der Waals surface area contributed by atoms with Gasteiger partial charge in [-0.3, -0.25) is 0 Å². The quantitative estimate of drug-likeness (QED) is 0.664. The van der Waals surface area contributed by atoms with Crippen LogP contribution >= 0.6 is 0 Å². The zero-order valence-electron chi connectivity index (χ0n) is 7.84. The molecule has 0 spiro atoms. The molecule has 0 aliphatic heterocycles. The molecule has 2 saturated carbocycles. The van der Waals surface area contributed by atoms with Crippen LogP contribution in [-0.2, 0) is 0 Å². The van der Waals surface area contributed by atoms with Crippen LogP contribution in [0.3, 0.4) is 0 Å². The van der Waals surface area contributed by atoms with Gasteiger partial charge in [0.15, 0.2) is 0 Å². The van der Waals surface area contributed by atoms with Crippen LogP contribution in [0.2, 0.25) is 0 Å². The van der Waals surface area contributed by atoms with E-state index >= 15 is 0 Å². The molecule has 0 aromatic carbocycles. The van der Waals surface area contributed by atoms with E-state index in [4.69, 9.17) is 0 Å². The van der Waals surface area contributed by atoms with Crippen LogP contribution in [0, 0.1) is 11.3 Å². The first-order chi connectivity index (χ1) is 5.78. The van der Waals surface area contributed by atoms with Crippen molar-refractivity contribution >= 4 is 0 Å². The molecule has 0 bridgehead atoms. The molecular formula is C10H19NO. The first kappa shape index (κ1) is 8.52. The van der Waals surface area contributed by atoms with E-state index in [0.29, 0.717) is 11.3 Å². The van der Waals surface area contributed by atoms with Crippen molar-refractivity contribution in [3.05, 3.63) is 0 Å². The molecule has 2 aliphatic rings. The normalized spacial score (nSPS) is 38.5. The summed E-state index contributed by atoms with van der Waals surface area (Å²) >= 11 is 0. The van der Waals surface area contributed by atoms with Crippen LogP contribution in [-0.4, -0.2) is 24.8 Å². The molecular weight excluding hydrogens is 150 g/mol. The van der Waals surface area contributed by atoms with E-state index in [0.717, 1.165) is 13.0 Å². The second-order valence-electron chi connectivity index (χ2n) is 4.50. The maximum Gasteiger partial charge on any atom is 0.0574 e. The van der Waals surface area contributed by atoms with Crippen molar-refractivity contribution in [3.8, 4) is 0 Å². The number of hydrogen-bond acceptors (Lipinski definition) is 2. The Morgan fingerprint density at radius 2 is 2.17 bits per heavy atom. The molecule has 0 aromatic rings. The lowest BCUT2D eigenvalue weighted by Gasteiger charge is -2.25.